The minimum atomic E-state index is -0.520. The van der Waals surface area contributed by atoms with Crippen molar-refractivity contribution in [1.29, 1.82) is 0 Å². The molecule has 0 aliphatic carbocycles. The van der Waals surface area contributed by atoms with E-state index in [2.05, 4.69) is 11.9 Å². The van der Waals surface area contributed by atoms with Crippen LogP contribution < -0.4 is 15.6 Å². The van der Waals surface area contributed by atoms with Crippen molar-refractivity contribution < 1.29 is 13.9 Å². The Balaban J connectivity index is 1.78. The maximum Gasteiger partial charge on any atom is 0.262 e. The number of hydrogen-bond donors (Lipinski definition) is 1. The summed E-state index contributed by atoms with van der Waals surface area (Å²) in [5.74, 6) is -0.602. The number of aromatic nitrogens is 1. The van der Waals surface area contributed by atoms with Crippen LogP contribution in [0.3, 0.4) is 0 Å². The number of ether oxygens (including phenoxy) is 1. The molecule has 5 nitrogen and oxygen atoms in total. The van der Waals surface area contributed by atoms with Crippen LogP contribution >= 0.6 is 0 Å². The first-order valence-electron chi connectivity index (χ1n) is 8.00. The van der Waals surface area contributed by atoms with Gasteiger partial charge in [0.05, 0.1) is 11.1 Å². The predicted molar refractivity (Wildman–Crippen MR) is 98.9 cm³/mol. The fourth-order valence-electron chi connectivity index (χ4n) is 2.59. The molecule has 0 spiro atoms. The van der Waals surface area contributed by atoms with Gasteiger partial charge in [-0.25, -0.2) is 4.39 Å². The van der Waals surface area contributed by atoms with Crippen LogP contribution in [0.2, 0.25) is 0 Å². The van der Waals surface area contributed by atoms with Crippen LogP contribution in [0.4, 0.5) is 10.1 Å². The highest BCUT2D eigenvalue weighted by molar-refractivity contribution is 5.93. The number of carbonyl (C=O) groups is 1. The van der Waals surface area contributed by atoms with Gasteiger partial charge < -0.3 is 14.6 Å². The van der Waals surface area contributed by atoms with E-state index in [-0.39, 0.29) is 17.9 Å². The molecule has 0 bridgehead atoms. The monoisotopic (exact) mass is 352 g/mol. The van der Waals surface area contributed by atoms with E-state index in [1.54, 1.807) is 42.6 Å². The van der Waals surface area contributed by atoms with Crippen molar-refractivity contribution in [1.82, 2.24) is 4.57 Å². The number of amides is 1. The zero-order chi connectivity index (χ0) is 18.5. The molecule has 1 heterocycles. The maximum atomic E-state index is 13.6. The van der Waals surface area contributed by atoms with Crippen LogP contribution in [0.5, 0.6) is 5.75 Å². The quantitative estimate of drug-likeness (QED) is 0.692. The lowest BCUT2D eigenvalue weighted by molar-refractivity contribution is -0.118. The van der Waals surface area contributed by atoms with Crippen molar-refractivity contribution >= 4 is 22.4 Å². The van der Waals surface area contributed by atoms with Crippen molar-refractivity contribution in [2.75, 3.05) is 11.9 Å². The number of rotatable bonds is 6. The van der Waals surface area contributed by atoms with Crippen LogP contribution in [-0.4, -0.2) is 17.1 Å². The largest absolute Gasteiger partial charge is 0.483 e. The van der Waals surface area contributed by atoms with Crippen LogP contribution in [0.1, 0.15) is 0 Å². The zero-order valence-corrected chi connectivity index (χ0v) is 13.9. The summed E-state index contributed by atoms with van der Waals surface area (Å²) in [6.45, 7) is 3.73. The van der Waals surface area contributed by atoms with Crippen molar-refractivity contribution in [2.45, 2.75) is 6.54 Å². The average molecular weight is 352 g/mol. The van der Waals surface area contributed by atoms with E-state index in [4.69, 9.17) is 4.74 Å². The van der Waals surface area contributed by atoms with Gasteiger partial charge in [0, 0.05) is 18.1 Å². The van der Waals surface area contributed by atoms with Gasteiger partial charge in [-0.2, -0.15) is 0 Å². The molecule has 1 aromatic heterocycles. The van der Waals surface area contributed by atoms with Gasteiger partial charge in [-0.3, -0.25) is 9.59 Å². The number of hydrogen-bond acceptors (Lipinski definition) is 3. The molecule has 0 aliphatic rings. The molecule has 1 amide bonds. The Morgan fingerprint density at radius 1 is 1.15 bits per heavy atom. The third-order valence-corrected chi connectivity index (χ3v) is 3.81. The Morgan fingerprint density at radius 3 is 2.73 bits per heavy atom. The van der Waals surface area contributed by atoms with Gasteiger partial charge in [-0.15, -0.1) is 6.58 Å². The molecule has 0 saturated heterocycles. The molecule has 132 valence electrons. The maximum absolute atomic E-state index is 13.6. The molecule has 0 aliphatic heterocycles. The van der Waals surface area contributed by atoms with Gasteiger partial charge in [0.15, 0.2) is 6.61 Å². The number of allylic oxidation sites excluding steroid dienone is 1. The molecule has 2 aromatic carbocycles. The standard InChI is InChI=1S/C20H17FN2O3/c1-2-11-23-12-10-14-15(20(23)25)6-5-9-18(14)26-13-19(24)22-17-8-4-3-7-16(17)21/h2-10,12H,1,11,13H2,(H,22,24). The molecule has 3 aromatic rings. The summed E-state index contributed by atoms with van der Waals surface area (Å²) in [5, 5.41) is 3.55. The second-order valence-corrected chi connectivity index (χ2v) is 5.60. The summed E-state index contributed by atoms with van der Waals surface area (Å²) in [4.78, 5) is 24.4. The molecule has 3 rings (SSSR count). The first-order valence-corrected chi connectivity index (χ1v) is 8.00. The number of pyridine rings is 1. The Kier molecular flexibility index (Phi) is 5.12. The highest BCUT2D eigenvalue weighted by Gasteiger charge is 2.10. The third kappa shape index (κ3) is 3.64. The highest BCUT2D eigenvalue weighted by Crippen LogP contribution is 2.23. The Morgan fingerprint density at radius 2 is 1.96 bits per heavy atom. The number of benzene rings is 2. The summed E-state index contributed by atoms with van der Waals surface area (Å²) in [6, 6.07) is 12.7. The highest BCUT2D eigenvalue weighted by atomic mass is 19.1. The molecule has 6 heteroatoms. The summed E-state index contributed by atoms with van der Waals surface area (Å²) < 4.78 is 20.6. The number of nitrogens with zero attached hydrogens (tertiary/aromatic N) is 1. The number of carbonyl (C=O) groups excluding carboxylic acids is 1. The second-order valence-electron chi connectivity index (χ2n) is 5.60. The fourth-order valence-corrected chi connectivity index (χ4v) is 2.59. The van der Waals surface area contributed by atoms with Crippen LogP contribution in [0.15, 0.2) is 72.2 Å². The lowest BCUT2D eigenvalue weighted by atomic mass is 10.1. The van der Waals surface area contributed by atoms with E-state index in [0.717, 1.165) is 0 Å². The van der Waals surface area contributed by atoms with Crippen LogP contribution in [0, 0.1) is 5.82 Å². The van der Waals surface area contributed by atoms with Crippen molar-refractivity contribution in [3.8, 4) is 5.75 Å². The number of para-hydroxylation sites is 1. The molecular weight excluding hydrogens is 335 g/mol. The van der Waals surface area contributed by atoms with Gasteiger partial charge in [0.2, 0.25) is 0 Å². The van der Waals surface area contributed by atoms with E-state index in [0.29, 0.717) is 23.1 Å². The number of anilines is 1. The minimum absolute atomic E-state index is 0.0892. The molecule has 0 fully saturated rings. The molecule has 0 radical (unpaired) electrons. The molecular formula is C20H17FN2O3. The van der Waals surface area contributed by atoms with E-state index >= 15 is 0 Å². The minimum Gasteiger partial charge on any atom is -0.483 e. The summed E-state index contributed by atoms with van der Waals surface area (Å²) in [6.07, 6.45) is 3.29. The molecule has 0 unspecified atom stereocenters. The zero-order valence-electron chi connectivity index (χ0n) is 13.9. The first kappa shape index (κ1) is 17.4. The fraction of sp³-hybridized carbons (Fsp3) is 0.100. The van der Waals surface area contributed by atoms with E-state index in [9.17, 15) is 14.0 Å². The summed E-state index contributed by atoms with van der Waals surface area (Å²) in [5.41, 5.74) is -0.0741. The Labute approximate surface area is 149 Å². The van der Waals surface area contributed by atoms with Gasteiger partial charge >= 0.3 is 0 Å². The lowest BCUT2D eigenvalue weighted by Crippen LogP contribution is -2.21. The third-order valence-electron chi connectivity index (χ3n) is 3.81. The van der Waals surface area contributed by atoms with Gasteiger partial charge in [-0.1, -0.05) is 24.3 Å². The van der Waals surface area contributed by atoms with Crippen LogP contribution in [0.25, 0.3) is 10.8 Å². The Hall–Kier alpha value is -3.41. The normalized spacial score (nSPS) is 10.5. The number of halogens is 1. The van der Waals surface area contributed by atoms with Crippen molar-refractivity contribution in [2.24, 2.45) is 0 Å². The summed E-state index contributed by atoms with van der Waals surface area (Å²) >= 11 is 0. The van der Waals surface area contributed by atoms with Gasteiger partial charge in [-0.05, 0) is 30.3 Å². The molecule has 0 atom stereocenters. The average Bonchev–Trinajstić information content (AvgIpc) is 2.64. The molecule has 0 saturated carbocycles. The van der Waals surface area contributed by atoms with Crippen molar-refractivity contribution in [3.05, 3.63) is 83.6 Å². The van der Waals surface area contributed by atoms with Gasteiger partial charge in [0.1, 0.15) is 11.6 Å². The topological polar surface area (TPSA) is 60.3 Å². The van der Waals surface area contributed by atoms with Crippen molar-refractivity contribution in [3.63, 3.8) is 0 Å². The van der Waals surface area contributed by atoms with Crippen LogP contribution in [-0.2, 0) is 11.3 Å². The van der Waals surface area contributed by atoms with E-state index in [1.807, 2.05) is 0 Å². The molecule has 1 N–H and O–H groups in total. The number of fused-ring (bicyclic) bond motifs is 1. The van der Waals surface area contributed by atoms with E-state index in [1.165, 1.54) is 22.8 Å². The van der Waals surface area contributed by atoms with E-state index < -0.39 is 11.7 Å². The number of nitrogens with one attached hydrogen (secondary N) is 1. The summed E-state index contributed by atoms with van der Waals surface area (Å²) in [7, 11) is 0. The lowest BCUT2D eigenvalue weighted by Gasteiger charge is -2.11. The van der Waals surface area contributed by atoms with Gasteiger partial charge in [0.25, 0.3) is 11.5 Å². The predicted octanol–water partition coefficient (Wildman–Crippen LogP) is 3.34. The SMILES string of the molecule is C=CCn1ccc2c(OCC(=O)Nc3ccccc3F)cccc2c1=O. The second kappa shape index (κ2) is 7.65. The smallest absolute Gasteiger partial charge is 0.262 e. The first-order chi connectivity index (χ1) is 12.6. The Bertz CT molecular complexity index is 1030. The molecule has 26 heavy (non-hydrogen) atoms.